The van der Waals surface area contributed by atoms with Gasteiger partial charge in [-0.05, 0) is 25.0 Å². The molecular formula is C16H21ClN2O2. The summed E-state index contributed by atoms with van der Waals surface area (Å²) in [6.07, 6.45) is 3.37. The van der Waals surface area contributed by atoms with Gasteiger partial charge in [-0.2, -0.15) is 0 Å². The number of halogens is 1. The number of rotatable bonds is 4. The van der Waals surface area contributed by atoms with Crippen LogP contribution in [0.1, 0.15) is 31.7 Å². The summed E-state index contributed by atoms with van der Waals surface area (Å²) in [5.41, 5.74) is 2.31. The maximum atomic E-state index is 11.7. The van der Waals surface area contributed by atoms with Gasteiger partial charge in [0.1, 0.15) is 5.75 Å². The van der Waals surface area contributed by atoms with E-state index in [1.165, 1.54) is 5.56 Å². The van der Waals surface area contributed by atoms with Gasteiger partial charge in [-0.3, -0.25) is 4.79 Å². The van der Waals surface area contributed by atoms with E-state index in [2.05, 4.69) is 10.2 Å². The first-order valence-electron chi connectivity index (χ1n) is 7.67. The second-order valence-electron chi connectivity index (χ2n) is 5.72. The molecule has 4 nitrogen and oxygen atoms in total. The third-order valence-corrected chi connectivity index (χ3v) is 4.45. The monoisotopic (exact) mass is 308 g/mol. The molecule has 2 aliphatic rings. The first-order chi connectivity index (χ1) is 10.2. The van der Waals surface area contributed by atoms with E-state index >= 15 is 0 Å². The van der Waals surface area contributed by atoms with Gasteiger partial charge >= 0.3 is 0 Å². The van der Waals surface area contributed by atoms with E-state index in [1.54, 1.807) is 0 Å². The highest BCUT2D eigenvalue weighted by atomic mass is 35.5. The zero-order valence-electron chi connectivity index (χ0n) is 12.3. The molecule has 1 aromatic rings. The van der Waals surface area contributed by atoms with E-state index < -0.39 is 0 Å². The van der Waals surface area contributed by atoms with Crippen LogP contribution in [-0.2, 0) is 11.2 Å². The number of fused-ring (bicyclic) bond motifs is 1. The molecule has 1 aromatic carbocycles. The summed E-state index contributed by atoms with van der Waals surface area (Å²) in [6, 6.07) is 4.08. The molecule has 1 N–H and O–H groups in total. The molecule has 0 radical (unpaired) electrons. The lowest BCUT2D eigenvalue weighted by atomic mass is 10.1. The first-order valence-corrected chi connectivity index (χ1v) is 8.05. The van der Waals surface area contributed by atoms with Crippen LogP contribution in [0.5, 0.6) is 5.75 Å². The molecule has 1 unspecified atom stereocenters. The van der Waals surface area contributed by atoms with Crippen LogP contribution in [0, 0.1) is 0 Å². The minimum absolute atomic E-state index is 0.150. The normalized spacial score (nSPS) is 20.3. The van der Waals surface area contributed by atoms with E-state index in [1.807, 2.05) is 19.1 Å². The quantitative estimate of drug-likeness (QED) is 0.930. The highest BCUT2D eigenvalue weighted by molar-refractivity contribution is 6.33. The van der Waals surface area contributed by atoms with Gasteiger partial charge < -0.3 is 15.0 Å². The summed E-state index contributed by atoms with van der Waals surface area (Å²) in [5, 5.41) is 3.89. The number of carbonyl (C=O) groups is 1. The van der Waals surface area contributed by atoms with E-state index in [0.717, 1.165) is 55.4 Å². The Labute approximate surface area is 130 Å². The van der Waals surface area contributed by atoms with Gasteiger partial charge in [-0.15, -0.1) is 0 Å². The van der Waals surface area contributed by atoms with Crippen molar-refractivity contribution >= 4 is 23.2 Å². The van der Waals surface area contributed by atoms with Crippen molar-refractivity contribution in [3.05, 3.63) is 22.7 Å². The maximum Gasteiger partial charge on any atom is 0.220 e. The first kappa shape index (κ1) is 14.5. The molecule has 0 bridgehead atoms. The lowest BCUT2D eigenvalue weighted by molar-refractivity contribution is -0.121. The second kappa shape index (κ2) is 6.14. The Morgan fingerprint density at radius 1 is 1.52 bits per heavy atom. The lowest BCUT2D eigenvalue weighted by Crippen LogP contribution is -2.37. The fraction of sp³-hybridized carbons (Fsp3) is 0.562. The van der Waals surface area contributed by atoms with Gasteiger partial charge in [0.05, 0.1) is 17.3 Å². The molecule has 2 aliphatic heterocycles. The van der Waals surface area contributed by atoms with E-state index in [0.29, 0.717) is 6.42 Å². The summed E-state index contributed by atoms with van der Waals surface area (Å²) < 4.78 is 5.62. The third kappa shape index (κ3) is 2.95. The van der Waals surface area contributed by atoms with Crippen molar-refractivity contribution in [2.24, 2.45) is 0 Å². The molecule has 2 heterocycles. The smallest absolute Gasteiger partial charge is 0.220 e. The van der Waals surface area contributed by atoms with Crippen LogP contribution in [0.15, 0.2) is 12.1 Å². The molecule has 3 rings (SSSR count). The molecule has 21 heavy (non-hydrogen) atoms. The molecule has 0 saturated carbocycles. The molecule has 0 spiro atoms. The van der Waals surface area contributed by atoms with Crippen molar-refractivity contribution < 1.29 is 9.53 Å². The lowest BCUT2D eigenvalue weighted by Gasteiger charge is -2.23. The van der Waals surface area contributed by atoms with E-state index in [9.17, 15) is 4.79 Å². The maximum absolute atomic E-state index is 11.7. The topological polar surface area (TPSA) is 41.6 Å². The average molecular weight is 309 g/mol. The van der Waals surface area contributed by atoms with Crippen LogP contribution < -0.4 is 15.0 Å². The van der Waals surface area contributed by atoms with Crippen LogP contribution in [0.4, 0.5) is 5.69 Å². The van der Waals surface area contributed by atoms with Gasteiger partial charge in [-0.1, -0.05) is 18.5 Å². The minimum atomic E-state index is 0.150. The highest BCUT2D eigenvalue weighted by Gasteiger charge is 2.29. The average Bonchev–Trinajstić information content (AvgIpc) is 3.08. The van der Waals surface area contributed by atoms with Gasteiger partial charge in [0.15, 0.2) is 0 Å². The van der Waals surface area contributed by atoms with Crippen molar-refractivity contribution in [2.45, 2.75) is 38.6 Å². The number of carbonyl (C=O) groups excluding carboxylic acids is 1. The predicted molar refractivity (Wildman–Crippen MR) is 84.3 cm³/mol. The zero-order chi connectivity index (χ0) is 14.8. The minimum Gasteiger partial charge on any atom is -0.493 e. The standard InChI is InChI=1S/C16H21ClN2O2/c1-2-3-15(20)18-11-6-8-19(10-11)16-12-7-9-21-14(12)5-4-13(16)17/h4-5,11H,2-3,6-10H2,1H3,(H,18,20). The van der Waals surface area contributed by atoms with Crippen LogP contribution in [0.2, 0.25) is 5.02 Å². The zero-order valence-corrected chi connectivity index (χ0v) is 13.1. The van der Waals surface area contributed by atoms with Gasteiger partial charge in [0.2, 0.25) is 5.91 Å². The third-order valence-electron chi connectivity index (χ3n) is 4.15. The van der Waals surface area contributed by atoms with Crippen molar-refractivity contribution in [3.8, 4) is 5.75 Å². The number of nitrogens with one attached hydrogen (secondary N) is 1. The van der Waals surface area contributed by atoms with Gasteiger partial charge in [0.25, 0.3) is 0 Å². The summed E-state index contributed by atoms with van der Waals surface area (Å²) in [4.78, 5) is 14.0. The van der Waals surface area contributed by atoms with Crippen molar-refractivity contribution in [3.63, 3.8) is 0 Å². The van der Waals surface area contributed by atoms with Gasteiger partial charge in [-0.25, -0.2) is 0 Å². The SMILES string of the molecule is CCCC(=O)NC1CCN(c2c(Cl)ccc3c2CCO3)C1. The number of amides is 1. The summed E-state index contributed by atoms with van der Waals surface area (Å²) in [5.74, 6) is 1.10. The molecule has 114 valence electrons. The van der Waals surface area contributed by atoms with Gasteiger partial charge in [0, 0.05) is 37.5 Å². The number of benzene rings is 1. The number of anilines is 1. The Morgan fingerprint density at radius 3 is 3.19 bits per heavy atom. The number of nitrogens with zero attached hydrogens (tertiary/aromatic N) is 1. The Bertz CT molecular complexity index is 547. The molecule has 0 aromatic heterocycles. The van der Waals surface area contributed by atoms with Crippen LogP contribution in [-0.4, -0.2) is 31.6 Å². The molecular weight excluding hydrogens is 288 g/mol. The van der Waals surface area contributed by atoms with E-state index in [-0.39, 0.29) is 11.9 Å². The number of hydrogen-bond donors (Lipinski definition) is 1. The van der Waals surface area contributed by atoms with Crippen molar-refractivity contribution in [2.75, 3.05) is 24.6 Å². The highest BCUT2D eigenvalue weighted by Crippen LogP contribution is 2.40. The predicted octanol–water partition coefficient (Wildman–Crippen LogP) is 2.77. The molecule has 1 amide bonds. The van der Waals surface area contributed by atoms with E-state index in [4.69, 9.17) is 16.3 Å². The Morgan fingerprint density at radius 2 is 2.38 bits per heavy atom. The Kier molecular flexibility index (Phi) is 4.24. The van der Waals surface area contributed by atoms with Crippen LogP contribution >= 0.6 is 11.6 Å². The largest absolute Gasteiger partial charge is 0.493 e. The Balaban J connectivity index is 1.72. The van der Waals surface area contributed by atoms with Crippen LogP contribution in [0.3, 0.4) is 0 Å². The summed E-state index contributed by atoms with van der Waals surface area (Å²) in [7, 11) is 0. The molecule has 1 atom stereocenters. The summed E-state index contributed by atoms with van der Waals surface area (Å²) in [6.45, 7) is 4.50. The van der Waals surface area contributed by atoms with Crippen LogP contribution in [0.25, 0.3) is 0 Å². The molecule has 0 aliphatic carbocycles. The van der Waals surface area contributed by atoms with Crippen molar-refractivity contribution in [1.82, 2.24) is 5.32 Å². The van der Waals surface area contributed by atoms with Crippen molar-refractivity contribution in [1.29, 1.82) is 0 Å². The molecule has 1 saturated heterocycles. The fourth-order valence-electron chi connectivity index (χ4n) is 3.18. The second-order valence-corrected chi connectivity index (χ2v) is 6.13. The molecule has 5 heteroatoms. The fourth-order valence-corrected chi connectivity index (χ4v) is 3.48. The summed E-state index contributed by atoms with van der Waals surface area (Å²) >= 11 is 6.41. The number of ether oxygens (including phenoxy) is 1. The Hall–Kier alpha value is -1.42. The number of hydrogen-bond acceptors (Lipinski definition) is 3. The molecule has 1 fully saturated rings.